The number of rotatable bonds is 10. The van der Waals surface area contributed by atoms with Gasteiger partial charge in [-0.25, -0.2) is 0 Å². The summed E-state index contributed by atoms with van der Waals surface area (Å²) in [6.45, 7) is 5.87. The van der Waals surface area contributed by atoms with Crippen molar-refractivity contribution in [3.63, 3.8) is 0 Å². The number of hydrogen-bond donors (Lipinski definition) is 0. The summed E-state index contributed by atoms with van der Waals surface area (Å²) in [7, 11) is 0. The fourth-order valence-electron chi connectivity index (χ4n) is 7.45. The number of halogens is 2. The summed E-state index contributed by atoms with van der Waals surface area (Å²) in [5.74, 6) is 3.10. The van der Waals surface area contributed by atoms with E-state index in [-0.39, 0.29) is 0 Å². The monoisotopic (exact) mass is 570 g/mol. The van der Waals surface area contributed by atoms with E-state index < -0.39 is 15.2 Å². The van der Waals surface area contributed by atoms with Crippen LogP contribution in [0.5, 0.6) is 11.5 Å². The number of ketones is 1. The van der Waals surface area contributed by atoms with Crippen LogP contribution < -0.4 is 9.47 Å². The lowest BCUT2D eigenvalue weighted by Crippen LogP contribution is -2.74. The van der Waals surface area contributed by atoms with Gasteiger partial charge in [0.15, 0.2) is 5.78 Å². The summed E-state index contributed by atoms with van der Waals surface area (Å²) in [5, 5.41) is 0. The lowest BCUT2D eigenvalue weighted by molar-refractivity contribution is -0.170. The molecule has 3 aliphatic rings. The maximum absolute atomic E-state index is 14.0. The van der Waals surface area contributed by atoms with Crippen molar-refractivity contribution in [2.24, 2.45) is 10.8 Å². The molecule has 0 unspecified atom stereocenters. The van der Waals surface area contributed by atoms with Crippen LogP contribution in [0.15, 0.2) is 48.5 Å². The van der Waals surface area contributed by atoms with E-state index in [0.29, 0.717) is 17.6 Å². The van der Waals surface area contributed by atoms with Gasteiger partial charge in [-0.1, -0.05) is 74.2 Å². The maximum atomic E-state index is 14.0. The highest BCUT2D eigenvalue weighted by atomic mass is 35.5. The van der Waals surface area contributed by atoms with Crippen LogP contribution in [0, 0.1) is 10.8 Å². The van der Waals surface area contributed by atoms with Gasteiger partial charge in [0.1, 0.15) is 15.8 Å². The van der Waals surface area contributed by atoms with Gasteiger partial charge in [0.2, 0.25) is 0 Å². The van der Waals surface area contributed by atoms with Crippen molar-refractivity contribution in [2.45, 2.75) is 107 Å². The quantitative estimate of drug-likeness (QED) is 0.210. The first-order valence-corrected chi connectivity index (χ1v) is 16.0. The maximum Gasteiger partial charge on any atom is 0.151 e. The Morgan fingerprint density at radius 1 is 0.667 bits per heavy atom. The Bertz CT molecular complexity index is 1010. The van der Waals surface area contributed by atoms with Crippen LogP contribution >= 0.6 is 23.2 Å². The molecule has 3 saturated carbocycles. The van der Waals surface area contributed by atoms with E-state index in [9.17, 15) is 4.79 Å². The van der Waals surface area contributed by atoms with E-state index in [1.54, 1.807) is 0 Å². The summed E-state index contributed by atoms with van der Waals surface area (Å²) < 4.78 is 10.7. The van der Waals surface area contributed by atoms with Crippen molar-refractivity contribution < 1.29 is 14.3 Å². The van der Waals surface area contributed by atoms with Crippen LogP contribution in [0.1, 0.15) is 114 Å². The van der Waals surface area contributed by atoms with Crippen molar-refractivity contribution in [1.82, 2.24) is 0 Å². The molecule has 2 aromatic rings. The smallest absolute Gasteiger partial charge is 0.151 e. The fourth-order valence-corrected chi connectivity index (χ4v) is 8.55. The average molecular weight is 572 g/mol. The van der Waals surface area contributed by atoms with Crippen LogP contribution in [0.2, 0.25) is 0 Å². The summed E-state index contributed by atoms with van der Waals surface area (Å²) in [5.41, 5.74) is 1.48. The number of benzene rings is 2. The first kappa shape index (κ1) is 28.8. The van der Waals surface area contributed by atoms with Gasteiger partial charge in [0.05, 0.1) is 24.0 Å². The summed E-state index contributed by atoms with van der Waals surface area (Å²) in [4.78, 5) is 14.0. The van der Waals surface area contributed by atoms with E-state index in [0.717, 1.165) is 102 Å². The topological polar surface area (TPSA) is 35.5 Å². The van der Waals surface area contributed by atoms with Crippen molar-refractivity contribution >= 4 is 29.0 Å². The molecular weight excluding hydrogens is 527 g/mol. The summed E-state index contributed by atoms with van der Waals surface area (Å²) in [6, 6.07) is 17.1. The third-order valence-corrected chi connectivity index (χ3v) is 11.4. The van der Waals surface area contributed by atoms with Crippen molar-refractivity contribution in [2.75, 3.05) is 13.2 Å². The number of unbranched alkanes of at least 4 members (excludes halogenated alkanes) is 2. The Kier molecular flexibility index (Phi) is 8.89. The van der Waals surface area contributed by atoms with Gasteiger partial charge in [-0.3, -0.25) is 4.79 Å². The second kappa shape index (κ2) is 12.0. The van der Waals surface area contributed by atoms with Crippen LogP contribution in [-0.2, 0) is 4.79 Å². The number of carbonyl (C=O) groups excluding carboxylic acids is 1. The molecule has 5 heteroatoms. The largest absolute Gasteiger partial charge is 0.494 e. The Morgan fingerprint density at radius 2 is 1.03 bits per heavy atom. The Hall–Kier alpha value is -1.71. The number of ether oxygens (including phenoxy) is 2. The van der Waals surface area contributed by atoms with E-state index in [1.165, 1.54) is 11.1 Å². The minimum atomic E-state index is -0.971. The van der Waals surface area contributed by atoms with Gasteiger partial charge in [0, 0.05) is 0 Å². The third-order valence-electron chi connectivity index (χ3n) is 9.99. The van der Waals surface area contributed by atoms with E-state index in [2.05, 4.69) is 62.4 Å². The SMILES string of the molecule is CCCCOc1ccc(C2CCC3(CC2)C(=O)C2(CCC(c4ccc(OCCCC)cc4)CC2)C3(Cl)Cl)cc1. The van der Waals surface area contributed by atoms with E-state index in [1.807, 2.05) is 0 Å². The highest BCUT2D eigenvalue weighted by Crippen LogP contribution is 2.75. The number of carbonyl (C=O) groups is 1. The molecule has 3 nitrogen and oxygen atoms in total. The predicted octanol–water partition coefficient (Wildman–Crippen LogP) is 9.79. The summed E-state index contributed by atoms with van der Waals surface area (Å²) >= 11 is 14.5. The van der Waals surface area contributed by atoms with Crippen molar-refractivity contribution in [1.29, 1.82) is 0 Å². The van der Waals surface area contributed by atoms with Gasteiger partial charge in [-0.15, -0.1) is 0 Å². The fraction of sp³-hybridized carbons (Fsp3) is 0.618. The number of Topliss-reactive ketones (excluding diaryl/α,β-unsaturated/α-hetero) is 1. The zero-order valence-corrected chi connectivity index (χ0v) is 25.2. The minimum absolute atomic E-state index is 0.344. The molecule has 0 aliphatic heterocycles. The summed E-state index contributed by atoms with van der Waals surface area (Å²) in [6.07, 6.45) is 11.3. The molecule has 3 fully saturated rings. The van der Waals surface area contributed by atoms with Crippen LogP contribution in [0.4, 0.5) is 0 Å². The van der Waals surface area contributed by atoms with Crippen LogP contribution in [-0.4, -0.2) is 23.3 Å². The second-order valence-corrected chi connectivity index (χ2v) is 13.5. The molecule has 2 aromatic carbocycles. The molecule has 0 bridgehead atoms. The standard InChI is InChI=1S/C34H44Cl2O3/c1-3-5-23-38-29-11-7-25(8-12-29)27-15-19-32(20-16-27)31(37)33(34(32,35)36)21-17-28(18-22-33)26-9-13-30(14-10-26)39-24-6-4-2/h7-14,27-28H,3-6,15-24H2,1-2H3. The van der Waals surface area contributed by atoms with Gasteiger partial charge in [-0.05, 0) is 111 Å². The first-order chi connectivity index (χ1) is 18.9. The molecule has 0 radical (unpaired) electrons. The Labute approximate surface area is 244 Å². The zero-order valence-electron chi connectivity index (χ0n) is 23.7. The molecule has 2 spiro atoms. The van der Waals surface area contributed by atoms with Crippen LogP contribution in [0.3, 0.4) is 0 Å². The van der Waals surface area contributed by atoms with E-state index in [4.69, 9.17) is 32.7 Å². The molecule has 0 N–H and O–H groups in total. The van der Waals surface area contributed by atoms with Gasteiger partial charge in [-0.2, -0.15) is 0 Å². The number of hydrogen-bond acceptors (Lipinski definition) is 3. The zero-order chi connectivity index (χ0) is 27.5. The van der Waals surface area contributed by atoms with Gasteiger partial charge >= 0.3 is 0 Å². The molecule has 212 valence electrons. The lowest BCUT2D eigenvalue weighted by atomic mass is 9.42. The molecule has 0 atom stereocenters. The first-order valence-electron chi connectivity index (χ1n) is 15.2. The molecule has 39 heavy (non-hydrogen) atoms. The predicted molar refractivity (Wildman–Crippen MR) is 160 cm³/mol. The molecule has 0 heterocycles. The molecule has 0 aromatic heterocycles. The van der Waals surface area contributed by atoms with Crippen molar-refractivity contribution in [3.05, 3.63) is 59.7 Å². The number of alkyl halides is 2. The molecular formula is C34H44Cl2O3. The molecule has 0 saturated heterocycles. The second-order valence-electron chi connectivity index (χ2n) is 12.2. The molecule has 0 amide bonds. The third kappa shape index (κ3) is 5.23. The highest BCUT2D eigenvalue weighted by molar-refractivity contribution is 6.55. The normalized spacial score (nSPS) is 29.8. The van der Waals surface area contributed by atoms with Gasteiger partial charge < -0.3 is 9.47 Å². The Balaban J connectivity index is 1.17. The lowest BCUT2D eigenvalue weighted by Gasteiger charge is -2.67. The highest BCUT2D eigenvalue weighted by Gasteiger charge is 2.79. The van der Waals surface area contributed by atoms with E-state index >= 15 is 0 Å². The van der Waals surface area contributed by atoms with Crippen molar-refractivity contribution in [3.8, 4) is 11.5 Å². The average Bonchev–Trinajstić information content (AvgIpc) is 2.98. The minimum Gasteiger partial charge on any atom is -0.494 e. The van der Waals surface area contributed by atoms with Gasteiger partial charge in [0.25, 0.3) is 0 Å². The van der Waals surface area contributed by atoms with Crippen LogP contribution in [0.25, 0.3) is 0 Å². The molecule has 5 rings (SSSR count). The molecule has 3 aliphatic carbocycles. The Morgan fingerprint density at radius 3 is 1.33 bits per heavy atom.